The van der Waals surface area contributed by atoms with E-state index in [1.165, 1.54) is 4.68 Å². The minimum atomic E-state index is -0.801. The van der Waals surface area contributed by atoms with Crippen molar-refractivity contribution < 1.29 is 19.1 Å². The quantitative estimate of drug-likeness (QED) is 0.208. The van der Waals surface area contributed by atoms with Crippen LogP contribution in [-0.4, -0.2) is 39.7 Å². The number of aromatic nitrogens is 3. The fourth-order valence-electron chi connectivity index (χ4n) is 3.13. The Morgan fingerprint density at radius 2 is 1.65 bits per heavy atom. The zero-order chi connectivity index (χ0) is 24.1. The molecule has 0 saturated heterocycles. The van der Waals surface area contributed by atoms with Crippen molar-refractivity contribution in [3.8, 4) is 22.8 Å². The molecule has 0 unspecified atom stereocenters. The van der Waals surface area contributed by atoms with Crippen LogP contribution in [0.25, 0.3) is 17.1 Å². The van der Waals surface area contributed by atoms with Crippen molar-refractivity contribution >= 4 is 39.3 Å². The largest absolute Gasteiger partial charge is 0.494 e. The van der Waals surface area contributed by atoms with Crippen LogP contribution in [0.4, 0.5) is 0 Å². The molecule has 0 radical (unpaired) electrons. The molecule has 7 nitrogen and oxygen atoms in total. The topological polar surface area (TPSA) is 83.3 Å². The van der Waals surface area contributed by atoms with Crippen molar-refractivity contribution in [1.82, 2.24) is 14.8 Å². The Morgan fingerprint density at radius 1 is 0.971 bits per heavy atom. The molecule has 0 saturated carbocycles. The van der Waals surface area contributed by atoms with Crippen LogP contribution in [0.3, 0.4) is 0 Å². The van der Waals surface area contributed by atoms with Crippen molar-refractivity contribution in [3.05, 3.63) is 93.7 Å². The van der Waals surface area contributed by atoms with E-state index in [-0.39, 0.29) is 11.6 Å². The van der Waals surface area contributed by atoms with Gasteiger partial charge in [0.05, 0.1) is 12.3 Å². The molecular formula is C25H19BrClN3O4. The van der Waals surface area contributed by atoms with Gasteiger partial charge in [-0.3, -0.25) is 4.79 Å². The Morgan fingerprint density at radius 3 is 2.29 bits per heavy atom. The number of halogens is 2. The molecule has 4 rings (SSSR count). The first-order valence-corrected chi connectivity index (χ1v) is 11.5. The summed E-state index contributed by atoms with van der Waals surface area (Å²) in [6.45, 7) is 2.03. The lowest BCUT2D eigenvalue weighted by Gasteiger charge is -2.08. The van der Waals surface area contributed by atoms with E-state index >= 15 is 0 Å². The van der Waals surface area contributed by atoms with Gasteiger partial charge in [0.1, 0.15) is 5.75 Å². The highest BCUT2D eigenvalue weighted by molar-refractivity contribution is 9.10. The summed E-state index contributed by atoms with van der Waals surface area (Å²) < 4.78 is 13.1. The van der Waals surface area contributed by atoms with Gasteiger partial charge in [0.15, 0.2) is 18.2 Å². The van der Waals surface area contributed by atoms with E-state index in [4.69, 9.17) is 21.1 Å². The Hall–Kier alpha value is -3.49. The number of ketones is 1. The highest BCUT2D eigenvalue weighted by atomic mass is 79.9. The standard InChI is InChI=1S/C25H19BrClN3O4/c1-2-33-21-13-11-20(12-14-21)30-24(17-5-9-19(27)10-6-17)28-23(29-30)25(32)34-15-22(31)16-3-7-18(26)8-4-16/h3-14H,2,15H2,1H3. The van der Waals surface area contributed by atoms with Crippen LogP contribution in [0.15, 0.2) is 77.3 Å². The minimum absolute atomic E-state index is 0.164. The number of hydrogen-bond donors (Lipinski definition) is 0. The van der Waals surface area contributed by atoms with E-state index in [1.807, 2.05) is 19.1 Å². The average Bonchev–Trinajstić information content (AvgIpc) is 3.29. The van der Waals surface area contributed by atoms with Gasteiger partial charge in [-0.1, -0.05) is 39.7 Å². The lowest BCUT2D eigenvalue weighted by Crippen LogP contribution is -2.15. The molecule has 3 aromatic carbocycles. The van der Waals surface area contributed by atoms with Gasteiger partial charge in [-0.15, -0.1) is 5.10 Å². The van der Waals surface area contributed by atoms with Crippen LogP contribution in [0.5, 0.6) is 5.75 Å². The molecule has 0 aliphatic heterocycles. The zero-order valence-electron chi connectivity index (χ0n) is 18.1. The Kier molecular flexibility index (Phi) is 7.40. The van der Waals surface area contributed by atoms with E-state index in [1.54, 1.807) is 60.7 Å². The number of nitrogens with zero attached hydrogens (tertiary/aromatic N) is 3. The number of ether oxygens (including phenoxy) is 2. The molecule has 1 aromatic heterocycles. The Labute approximate surface area is 209 Å². The first kappa shape index (κ1) is 23.7. The molecule has 0 spiro atoms. The maximum atomic E-state index is 12.7. The second-order valence-electron chi connectivity index (χ2n) is 7.11. The van der Waals surface area contributed by atoms with Crippen LogP contribution >= 0.6 is 27.5 Å². The first-order valence-electron chi connectivity index (χ1n) is 10.4. The Balaban J connectivity index is 1.60. The molecule has 0 amide bonds. The molecule has 0 N–H and O–H groups in total. The highest BCUT2D eigenvalue weighted by Crippen LogP contribution is 2.24. The molecule has 172 valence electrons. The molecule has 0 aliphatic carbocycles. The fraction of sp³-hybridized carbons (Fsp3) is 0.120. The number of hydrogen-bond acceptors (Lipinski definition) is 6. The average molecular weight is 541 g/mol. The number of carbonyl (C=O) groups is 2. The molecule has 4 aromatic rings. The number of esters is 1. The van der Waals surface area contributed by atoms with Crippen LogP contribution in [0.2, 0.25) is 5.02 Å². The summed E-state index contributed by atoms with van der Waals surface area (Å²) in [5.41, 5.74) is 1.81. The smallest absolute Gasteiger partial charge is 0.378 e. The lowest BCUT2D eigenvalue weighted by molar-refractivity contribution is 0.0462. The van der Waals surface area contributed by atoms with Crippen molar-refractivity contribution in [2.75, 3.05) is 13.2 Å². The molecule has 0 atom stereocenters. The van der Waals surface area contributed by atoms with E-state index < -0.39 is 12.6 Å². The molecule has 34 heavy (non-hydrogen) atoms. The number of carbonyl (C=O) groups excluding carboxylic acids is 2. The minimum Gasteiger partial charge on any atom is -0.494 e. The number of rotatable bonds is 8. The lowest BCUT2D eigenvalue weighted by atomic mass is 10.1. The molecule has 0 fully saturated rings. The summed E-state index contributed by atoms with van der Waals surface area (Å²) in [5.74, 6) is -0.157. The van der Waals surface area contributed by atoms with Gasteiger partial charge >= 0.3 is 5.97 Å². The summed E-state index contributed by atoms with van der Waals surface area (Å²) in [6, 6.07) is 21.0. The van der Waals surface area contributed by atoms with Gasteiger partial charge in [-0.05, 0) is 67.6 Å². The normalized spacial score (nSPS) is 10.7. The van der Waals surface area contributed by atoms with Crippen LogP contribution in [0.1, 0.15) is 27.9 Å². The van der Waals surface area contributed by atoms with Crippen LogP contribution < -0.4 is 4.74 Å². The fourth-order valence-corrected chi connectivity index (χ4v) is 3.52. The third-order valence-electron chi connectivity index (χ3n) is 4.78. The molecule has 0 bridgehead atoms. The van der Waals surface area contributed by atoms with Crippen molar-refractivity contribution in [1.29, 1.82) is 0 Å². The summed E-state index contributed by atoms with van der Waals surface area (Å²) >= 11 is 9.34. The van der Waals surface area contributed by atoms with Gasteiger partial charge in [-0.2, -0.15) is 0 Å². The summed E-state index contributed by atoms with van der Waals surface area (Å²) in [5, 5.41) is 4.93. The second kappa shape index (κ2) is 10.6. The van der Waals surface area contributed by atoms with E-state index in [2.05, 4.69) is 26.0 Å². The van der Waals surface area contributed by atoms with Gasteiger partial charge in [-0.25, -0.2) is 14.5 Å². The van der Waals surface area contributed by atoms with E-state index in [9.17, 15) is 9.59 Å². The number of Topliss-reactive ketones (excluding diaryl/α,β-unsaturated/α-hetero) is 1. The van der Waals surface area contributed by atoms with Crippen LogP contribution in [0, 0.1) is 0 Å². The monoisotopic (exact) mass is 539 g/mol. The third kappa shape index (κ3) is 5.52. The molecular weight excluding hydrogens is 522 g/mol. The number of benzene rings is 3. The van der Waals surface area contributed by atoms with Crippen LogP contribution in [-0.2, 0) is 4.74 Å². The van der Waals surface area contributed by atoms with Gasteiger partial charge in [0.25, 0.3) is 5.82 Å². The van der Waals surface area contributed by atoms with Gasteiger partial charge in [0.2, 0.25) is 0 Å². The third-order valence-corrected chi connectivity index (χ3v) is 5.57. The maximum Gasteiger partial charge on any atom is 0.378 e. The maximum absolute atomic E-state index is 12.7. The van der Waals surface area contributed by atoms with Crippen molar-refractivity contribution in [3.63, 3.8) is 0 Å². The summed E-state index contributed by atoms with van der Waals surface area (Å²) in [4.78, 5) is 29.4. The SMILES string of the molecule is CCOc1ccc(-n2nc(C(=O)OCC(=O)c3ccc(Br)cc3)nc2-c2ccc(Cl)cc2)cc1. The predicted octanol–water partition coefficient (Wildman–Crippen LogP) is 5.79. The Bertz CT molecular complexity index is 1300. The molecule has 1 heterocycles. The highest BCUT2D eigenvalue weighted by Gasteiger charge is 2.21. The van der Waals surface area contributed by atoms with E-state index in [0.29, 0.717) is 40.0 Å². The van der Waals surface area contributed by atoms with Crippen molar-refractivity contribution in [2.24, 2.45) is 0 Å². The zero-order valence-corrected chi connectivity index (χ0v) is 20.4. The predicted molar refractivity (Wildman–Crippen MR) is 132 cm³/mol. The van der Waals surface area contributed by atoms with Gasteiger partial charge < -0.3 is 9.47 Å². The van der Waals surface area contributed by atoms with Crippen molar-refractivity contribution in [2.45, 2.75) is 6.92 Å². The van der Waals surface area contributed by atoms with E-state index in [0.717, 1.165) is 4.47 Å². The molecule has 0 aliphatic rings. The summed E-state index contributed by atoms with van der Waals surface area (Å²) in [6.07, 6.45) is 0. The van der Waals surface area contributed by atoms with Gasteiger partial charge in [0, 0.05) is 20.6 Å². The second-order valence-corrected chi connectivity index (χ2v) is 8.46. The summed E-state index contributed by atoms with van der Waals surface area (Å²) in [7, 11) is 0. The first-order chi connectivity index (χ1) is 16.4. The molecule has 9 heteroatoms.